The van der Waals surface area contributed by atoms with Crippen molar-refractivity contribution >= 4 is 0 Å². The highest BCUT2D eigenvalue weighted by Crippen LogP contribution is 2.24. The van der Waals surface area contributed by atoms with Crippen LogP contribution in [0.2, 0.25) is 0 Å². The monoisotopic (exact) mass is 230 g/mol. The molecule has 3 heteroatoms. The first-order valence-corrected chi connectivity index (χ1v) is 5.71. The Morgan fingerprint density at radius 3 is 2.35 bits per heavy atom. The van der Waals surface area contributed by atoms with Gasteiger partial charge in [-0.05, 0) is 49.6 Å². The molecule has 0 aliphatic heterocycles. The summed E-state index contributed by atoms with van der Waals surface area (Å²) >= 11 is 0. The number of hydrogen-bond donors (Lipinski definition) is 2. The predicted octanol–water partition coefficient (Wildman–Crippen LogP) is 2.76. The lowest BCUT2D eigenvalue weighted by Crippen LogP contribution is -2.28. The molecule has 1 unspecified atom stereocenters. The van der Waals surface area contributed by atoms with Crippen molar-refractivity contribution in [3.63, 3.8) is 0 Å². The first-order chi connectivity index (χ1) is 8.11. The van der Waals surface area contributed by atoms with Crippen molar-refractivity contribution in [2.45, 2.75) is 26.8 Å². The van der Waals surface area contributed by atoms with Gasteiger partial charge in [-0.15, -0.1) is 0 Å². The van der Waals surface area contributed by atoms with E-state index in [4.69, 9.17) is 10.3 Å². The summed E-state index contributed by atoms with van der Waals surface area (Å²) in [6.45, 7) is 6.12. The van der Waals surface area contributed by atoms with E-state index >= 15 is 0 Å². The van der Waals surface area contributed by atoms with Gasteiger partial charge in [0.1, 0.15) is 17.6 Å². The molecule has 0 radical (unpaired) electrons. The summed E-state index contributed by atoms with van der Waals surface area (Å²) in [5, 5.41) is 0. The summed E-state index contributed by atoms with van der Waals surface area (Å²) in [5.41, 5.74) is 6.45. The molecule has 1 aromatic heterocycles. The SMILES string of the molecule is Cc1ccc(C(NN)c2ccc(C)c(C)c2)o1. The maximum atomic E-state index is 5.62. The van der Waals surface area contributed by atoms with Gasteiger partial charge in [0.15, 0.2) is 0 Å². The third-order valence-electron chi connectivity index (χ3n) is 3.08. The summed E-state index contributed by atoms with van der Waals surface area (Å²) in [5.74, 6) is 7.36. The Hall–Kier alpha value is -1.58. The van der Waals surface area contributed by atoms with Crippen molar-refractivity contribution in [2.75, 3.05) is 0 Å². The lowest BCUT2D eigenvalue weighted by molar-refractivity contribution is 0.434. The van der Waals surface area contributed by atoms with Crippen molar-refractivity contribution in [1.82, 2.24) is 5.43 Å². The molecule has 3 nitrogen and oxygen atoms in total. The van der Waals surface area contributed by atoms with Crippen LogP contribution in [0, 0.1) is 20.8 Å². The summed E-state index contributed by atoms with van der Waals surface area (Å²) in [6.07, 6.45) is 0. The van der Waals surface area contributed by atoms with Gasteiger partial charge >= 0.3 is 0 Å². The fraction of sp³-hybridized carbons (Fsp3) is 0.286. The average Bonchev–Trinajstić information content (AvgIpc) is 2.71. The van der Waals surface area contributed by atoms with Crippen LogP contribution in [-0.4, -0.2) is 0 Å². The molecule has 2 rings (SSSR count). The van der Waals surface area contributed by atoms with E-state index in [0.29, 0.717) is 0 Å². The van der Waals surface area contributed by atoms with Crippen LogP contribution >= 0.6 is 0 Å². The van der Waals surface area contributed by atoms with E-state index in [-0.39, 0.29) is 6.04 Å². The van der Waals surface area contributed by atoms with E-state index in [9.17, 15) is 0 Å². The molecule has 90 valence electrons. The summed E-state index contributed by atoms with van der Waals surface area (Å²) in [4.78, 5) is 0. The number of hydrazine groups is 1. The van der Waals surface area contributed by atoms with Gasteiger partial charge < -0.3 is 4.42 Å². The minimum Gasteiger partial charge on any atom is -0.464 e. The minimum atomic E-state index is -0.0944. The topological polar surface area (TPSA) is 51.2 Å². The van der Waals surface area contributed by atoms with E-state index in [1.54, 1.807) is 0 Å². The molecular formula is C14H18N2O. The Morgan fingerprint density at radius 2 is 1.82 bits per heavy atom. The predicted molar refractivity (Wildman–Crippen MR) is 68.5 cm³/mol. The zero-order chi connectivity index (χ0) is 12.4. The average molecular weight is 230 g/mol. The van der Waals surface area contributed by atoms with Crippen LogP contribution < -0.4 is 11.3 Å². The van der Waals surface area contributed by atoms with Gasteiger partial charge in [-0.3, -0.25) is 5.84 Å². The second-order valence-corrected chi connectivity index (χ2v) is 4.39. The first kappa shape index (κ1) is 11.9. The van der Waals surface area contributed by atoms with Gasteiger partial charge in [-0.1, -0.05) is 18.2 Å². The molecular weight excluding hydrogens is 212 g/mol. The second-order valence-electron chi connectivity index (χ2n) is 4.39. The maximum Gasteiger partial charge on any atom is 0.126 e. The van der Waals surface area contributed by atoms with Crippen LogP contribution in [0.4, 0.5) is 0 Å². The number of nitrogens with one attached hydrogen (secondary N) is 1. The highest BCUT2D eigenvalue weighted by molar-refractivity contribution is 5.34. The third kappa shape index (κ3) is 2.40. The van der Waals surface area contributed by atoms with Crippen molar-refractivity contribution in [2.24, 2.45) is 5.84 Å². The van der Waals surface area contributed by atoms with Crippen LogP contribution in [0.5, 0.6) is 0 Å². The number of nitrogens with two attached hydrogens (primary N) is 1. The quantitative estimate of drug-likeness (QED) is 0.629. The summed E-state index contributed by atoms with van der Waals surface area (Å²) < 4.78 is 5.62. The number of furan rings is 1. The molecule has 1 atom stereocenters. The Bertz CT molecular complexity index is 517. The molecule has 3 N–H and O–H groups in total. The van der Waals surface area contributed by atoms with Gasteiger partial charge in [0.25, 0.3) is 0 Å². The molecule has 0 bridgehead atoms. The molecule has 1 aromatic carbocycles. The van der Waals surface area contributed by atoms with E-state index < -0.39 is 0 Å². The van der Waals surface area contributed by atoms with Gasteiger partial charge in [0.05, 0.1) is 0 Å². The molecule has 0 fully saturated rings. The number of hydrogen-bond acceptors (Lipinski definition) is 3. The third-order valence-corrected chi connectivity index (χ3v) is 3.08. The zero-order valence-electron chi connectivity index (χ0n) is 10.4. The van der Waals surface area contributed by atoms with E-state index in [0.717, 1.165) is 17.1 Å². The zero-order valence-corrected chi connectivity index (χ0v) is 10.4. The standard InChI is InChI=1S/C14H18N2O/c1-9-4-6-12(8-10(9)2)14(16-15)13-7-5-11(3)17-13/h4-8,14,16H,15H2,1-3H3. The second kappa shape index (κ2) is 4.73. The van der Waals surface area contributed by atoms with Gasteiger partial charge in [0, 0.05) is 0 Å². The Balaban J connectivity index is 2.38. The van der Waals surface area contributed by atoms with Crippen molar-refractivity contribution in [3.8, 4) is 0 Å². The molecule has 0 aliphatic rings. The van der Waals surface area contributed by atoms with Crippen molar-refractivity contribution < 1.29 is 4.42 Å². The Kier molecular flexibility index (Phi) is 3.31. The normalized spacial score (nSPS) is 12.7. The molecule has 0 aliphatic carbocycles. The number of rotatable bonds is 3. The van der Waals surface area contributed by atoms with Crippen LogP contribution in [0.25, 0.3) is 0 Å². The van der Waals surface area contributed by atoms with Crippen LogP contribution in [0.3, 0.4) is 0 Å². The largest absolute Gasteiger partial charge is 0.464 e. The summed E-state index contributed by atoms with van der Waals surface area (Å²) in [6, 6.07) is 10.1. The number of aryl methyl sites for hydroxylation is 3. The first-order valence-electron chi connectivity index (χ1n) is 5.71. The van der Waals surface area contributed by atoms with E-state index in [2.05, 4.69) is 37.5 Å². The fourth-order valence-corrected chi connectivity index (χ4v) is 1.90. The molecule has 2 aromatic rings. The van der Waals surface area contributed by atoms with Gasteiger partial charge in [-0.25, -0.2) is 5.43 Å². The maximum absolute atomic E-state index is 5.62. The lowest BCUT2D eigenvalue weighted by Gasteiger charge is -2.15. The number of benzene rings is 1. The Morgan fingerprint density at radius 1 is 1.06 bits per heavy atom. The van der Waals surface area contributed by atoms with E-state index in [1.165, 1.54) is 11.1 Å². The van der Waals surface area contributed by atoms with Gasteiger partial charge in [0.2, 0.25) is 0 Å². The van der Waals surface area contributed by atoms with Crippen LogP contribution in [-0.2, 0) is 0 Å². The molecule has 0 spiro atoms. The molecule has 17 heavy (non-hydrogen) atoms. The highest BCUT2D eigenvalue weighted by atomic mass is 16.3. The lowest BCUT2D eigenvalue weighted by atomic mass is 10.00. The van der Waals surface area contributed by atoms with Crippen LogP contribution in [0.15, 0.2) is 34.7 Å². The van der Waals surface area contributed by atoms with Gasteiger partial charge in [-0.2, -0.15) is 0 Å². The van der Waals surface area contributed by atoms with Crippen LogP contribution in [0.1, 0.15) is 34.3 Å². The fourth-order valence-electron chi connectivity index (χ4n) is 1.90. The van der Waals surface area contributed by atoms with Crippen molar-refractivity contribution in [3.05, 3.63) is 58.5 Å². The Labute approximate surface area is 102 Å². The molecule has 1 heterocycles. The smallest absolute Gasteiger partial charge is 0.126 e. The molecule has 0 saturated heterocycles. The van der Waals surface area contributed by atoms with Crippen molar-refractivity contribution in [1.29, 1.82) is 0 Å². The molecule has 0 amide bonds. The highest BCUT2D eigenvalue weighted by Gasteiger charge is 2.16. The minimum absolute atomic E-state index is 0.0944. The summed E-state index contributed by atoms with van der Waals surface area (Å²) in [7, 11) is 0. The van der Waals surface area contributed by atoms with E-state index in [1.807, 2.05) is 19.1 Å². The molecule has 0 saturated carbocycles.